The zero-order chi connectivity index (χ0) is 14.6. The van der Waals surface area contributed by atoms with Gasteiger partial charge in [-0.05, 0) is 37.8 Å². The molecule has 0 spiro atoms. The van der Waals surface area contributed by atoms with Crippen LogP contribution in [0.5, 0.6) is 0 Å². The van der Waals surface area contributed by atoms with Gasteiger partial charge in [-0.1, -0.05) is 18.2 Å². The molecular formula is C14H21ClN2O2S. The Bertz CT molecular complexity index is 521. The van der Waals surface area contributed by atoms with E-state index in [1.165, 1.54) is 4.31 Å². The van der Waals surface area contributed by atoms with E-state index in [1.807, 2.05) is 37.3 Å². The molecule has 1 atom stereocenters. The molecular weight excluding hydrogens is 296 g/mol. The van der Waals surface area contributed by atoms with Gasteiger partial charge in [0, 0.05) is 25.5 Å². The van der Waals surface area contributed by atoms with Crippen molar-refractivity contribution < 1.29 is 8.42 Å². The van der Waals surface area contributed by atoms with Crippen molar-refractivity contribution in [2.75, 3.05) is 29.8 Å². The molecule has 4 nitrogen and oxygen atoms in total. The lowest BCUT2D eigenvalue weighted by Crippen LogP contribution is -2.48. The standard InChI is InChI=1S/C14H21ClN2O2S/c1-2-17(14-8-4-3-5-9-14)20(18,19)16-10-6-7-13(11-15)12-16/h3-5,8-9,13H,2,6-7,10-12H2,1H3. The predicted molar refractivity (Wildman–Crippen MR) is 83.4 cm³/mol. The smallest absolute Gasteiger partial charge is 0.258 e. The van der Waals surface area contributed by atoms with E-state index in [2.05, 4.69) is 0 Å². The monoisotopic (exact) mass is 316 g/mol. The molecule has 6 heteroatoms. The van der Waals surface area contributed by atoms with Crippen molar-refractivity contribution in [2.45, 2.75) is 19.8 Å². The van der Waals surface area contributed by atoms with E-state index in [0.717, 1.165) is 12.8 Å². The minimum absolute atomic E-state index is 0.259. The zero-order valence-corrected chi connectivity index (χ0v) is 13.3. The summed E-state index contributed by atoms with van der Waals surface area (Å²) in [6.07, 6.45) is 1.88. The number of piperidine rings is 1. The number of rotatable bonds is 5. The molecule has 0 aromatic heterocycles. The fourth-order valence-electron chi connectivity index (χ4n) is 2.57. The Morgan fingerprint density at radius 2 is 2.05 bits per heavy atom. The highest BCUT2D eigenvalue weighted by molar-refractivity contribution is 7.90. The van der Waals surface area contributed by atoms with Gasteiger partial charge in [0.05, 0.1) is 5.69 Å². The summed E-state index contributed by atoms with van der Waals surface area (Å²) in [7, 11) is -3.46. The summed E-state index contributed by atoms with van der Waals surface area (Å²) >= 11 is 5.89. The number of hydrogen-bond donors (Lipinski definition) is 0. The van der Waals surface area contributed by atoms with Crippen LogP contribution in [0.3, 0.4) is 0 Å². The van der Waals surface area contributed by atoms with Gasteiger partial charge in [-0.2, -0.15) is 12.7 Å². The summed E-state index contributed by atoms with van der Waals surface area (Å²) in [6, 6.07) is 9.24. The first-order valence-electron chi connectivity index (χ1n) is 6.98. The first kappa shape index (κ1) is 15.6. The van der Waals surface area contributed by atoms with Crippen LogP contribution in [-0.4, -0.2) is 38.2 Å². The molecule has 2 rings (SSSR count). The molecule has 0 bridgehead atoms. The zero-order valence-electron chi connectivity index (χ0n) is 11.7. The van der Waals surface area contributed by atoms with Crippen LogP contribution in [0.4, 0.5) is 5.69 Å². The van der Waals surface area contributed by atoms with Gasteiger partial charge in [-0.15, -0.1) is 11.6 Å². The van der Waals surface area contributed by atoms with E-state index < -0.39 is 10.2 Å². The molecule has 1 heterocycles. The first-order chi connectivity index (χ1) is 9.59. The molecule has 0 aliphatic carbocycles. The summed E-state index contributed by atoms with van der Waals surface area (Å²) in [5.74, 6) is 0.776. The van der Waals surface area contributed by atoms with E-state index in [1.54, 1.807) is 4.31 Å². The van der Waals surface area contributed by atoms with Gasteiger partial charge in [0.2, 0.25) is 0 Å². The summed E-state index contributed by atoms with van der Waals surface area (Å²) in [5, 5.41) is 0. The van der Waals surface area contributed by atoms with Crippen molar-refractivity contribution in [2.24, 2.45) is 5.92 Å². The predicted octanol–water partition coefficient (Wildman–Crippen LogP) is 2.71. The minimum Gasteiger partial charge on any atom is -0.258 e. The fraction of sp³-hybridized carbons (Fsp3) is 0.571. The van der Waals surface area contributed by atoms with Crippen LogP contribution >= 0.6 is 11.6 Å². The molecule has 1 aliphatic rings. The van der Waals surface area contributed by atoms with Gasteiger partial charge in [0.15, 0.2) is 0 Å². The van der Waals surface area contributed by atoms with Gasteiger partial charge < -0.3 is 0 Å². The maximum Gasteiger partial charge on any atom is 0.304 e. The van der Waals surface area contributed by atoms with Crippen molar-refractivity contribution in [1.29, 1.82) is 0 Å². The molecule has 112 valence electrons. The van der Waals surface area contributed by atoms with Crippen LogP contribution in [0, 0.1) is 5.92 Å². The van der Waals surface area contributed by atoms with Crippen LogP contribution in [0.15, 0.2) is 30.3 Å². The van der Waals surface area contributed by atoms with Crippen molar-refractivity contribution in [1.82, 2.24) is 4.31 Å². The molecule has 1 aliphatic heterocycles. The normalized spacial score (nSPS) is 20.8. The van der Waals surface area contributed by atoms with E-state index in [-0.39, 0.29) is 5.92 Å². The van der Waals surface area contributed by atoms with E-state index in [9.17, 15) is 8.42 Å². The molecule has 1 aromatic carbocycles. The van der Waals surface area contributed by atoms with Crippen LogP contribution in [-0.2, 0) is 10.2 Å². The minimum atomic E-state index is -3.46. The number of halogens is 1. The Kier molecular flexibility index (Phi) is 5.29. The van der Waals surface area contributed by atoms with E-state index >= 15 is 0 Å². The van der Waals surface area contributed by atoms with Crippen molar-refractivity contribution in [3.05, 3.63) is 30.3 Å². The Morgan fingerprint density at radius 1 is 1.35 bits per heavy atom. The van der Waals surface area contributed by atoms with Crippen LogP contribution in [0.2, 0.25) is 0 Å². The van der Waals surface area contributed by atoms with Crippen molar-refractivity contribution in [3.63, 3.8) is 0 Å². The van der Waals surface area contributed by atoms with Crippen LogP contribution in [0.25, 0.3) is 0 Å². The van der Waals surface area contributed by atoms with Gasteiger partial charge in [-0.3, -0.25) is 4.31 Å². The van der Waals surface area contributed by atoms with E-state index in [4.69, 9.17) is 11.6 Å². The molecule has 0 N–H and O–H groups in total. The summed E-state index contributed by atoms with van der Waals surface area (Å²) in [4.78, 5) is 0. The number of anilines is 1. The van der Waals surface area contributed by atoms with Crippen molar-refractivity contribution in [3.8, 4) is 0 Å². The maximum absolute atomic E-state index is 12.8. The molecule has 1 unspecified atom stereocenters. The third-order valence-corrected chi connectivity index (χ3v) is 6.08. The average Bonchev–Trinajstić information content (AvgIpc) is 2.49. The van der Waals surface area contributed by atoms with Crippen LogP contribution in [0.1, 0.15) is 19.8 Å². The summed E-state index contributed by atoms with van der Waals surface area (Å²) in [5.41, 5.74) is 0.711. The van der Waals surface area contributed by atoms with Crippen molar-refractivity contribution >= 4 is 27.5 Å². The largest absolute Gasteiger partial charge is 0.304 e. The Labute approximate surface area is 126 Å². The topological polar surface area (TPSA) is 40.6 Å². The molecule has 20 heavy (non-hydrogen) atoms. The number of hydrogen-bond acceptors (Lipinski definition) is 2. The average molecular weight is 317 g/mol. The highest BCUT2D eigenvalue weighted by atomic mass is 35.5. The Hall–Kier alpha value is -0.780. The third kappa shape index (κ3) is 3.27. The molecule has 1 saturated heterocycles. The van der Waals surface area contributed by atoms with Gasteiger partial charge >= 0.3 is 10.2 Å². The lowest BCUT2D eigenvalue weighted by atomic mass is 10.0. The quantitative estimate of drug-likeness (QED) is 0.784. The molecule has 0 radical (unpaired) electrons. The van der Waals surface area contributed by atoms with Gasteiger partial charge in [0.1, 0.15) is 0 Å². The lowest BCUT2D eigenvalue weighted by Gasteiger charge is -2.35. The number of benzene rings is 1. The molecule has 0 amide bonds. The highest BCUT2D eigenvalue weighted by Gasteiger charge is 2.32. The van der Waals surface area contributed by atoms with E-state index in [0.29, 0.717) is 31.2 Å². The third-order valence-electron chi connectivity index (χ3n) is 3.64. The summed E-state index contributed by atoms with van der Waals surface area (Å²) < 4.78 is 28.6. The second kappa shape index (κ2) is 6.78. The fourth-order valence-corrected chi connectivity index (χ4v) is 4.58. The lowest BCUT2D eigenvalue weighted by molar-refractivity contribution is 0.283. The maximum atomic E-state index is 12.8. The second-order valence-corrected chi connectivity index (χ2v) is 7.19. The Balaban J connectivity index is 2.23. The number of nitrogens with zero attached hydrogens (tertiary/aromatic N) is 2. The van der Waals surface area contributed by atoms with Gasteiger partial charge in [-0.25, -0.2) is 0 Å². The highest BCUT2D eigenvalue weighted by Crippen LogP contribution is 2.25. The summed E-state index contributed by atoms with van der Waals surface area (Å²) in [6.45, 7) is 3.39. The number of alkyl halides is 1. The van der Waals surface area contributed by atoms with Crippen LogP contribution < -0.4 is 4.31 Å². The Morgan fingerprint density at radius 3 is 2.65 bits per heavy atom. The number of para-hydroxylation sites is 1. The molecule has 1 aromatic rings. The van der Waals surface area contributed by atoms with Gasteiger partial charge in [0.25, 0.3) is 0 Å². The molecule has 0 saturated carbocycles. The first-order valence-corrected chi connectivity index (χ1v) is 8.91. The molecule has 1 fully saturated rings. The second-order valence-electron chi connectivity index (χ2n) is 5.03. The SMILES string of the molecule is CCN(c1ccccc1)S(=O)(=O)N1CCCC(CCl)C1.